The lowest BCUT2D eigenvalue weighted by molar-refractivity contribution is -0.124. The van der Waals surface area contributed by atoms with E-state index in [2.05, 4.69) is 15.1 Å². The van der Waals surface area contributed by atoms with Crippen molar-refractivity contribution in [2.45, 2.75) is 38.1 Å². The van der Waals surface area contributed by atoms with Gasteiger partial charge in [0.2, 0.25) is 0 Å². The number of aromatic nitrogens is 4. The van der Waals surface area contributed by atoms with Crippen LogP contribution in [0.3, 0.4) is 0 Å². The Labute approximate surface area is 163 Å². The zero-order chi connectivity index (χ0) is 19.2. The van der Waals surface area contributed by atoms with E-state index in [-0.39, 0.29) is 11.5 Å². The van der Waals surface area contributed by atoms with Gasteiger partial charge in [-0.15, -0.1) is 0 Å². The number of halogens is 1. The smallest absolute Gasteiger partial charge is 0.273 e. The molecular formula is C18H25ClN6O2. The molecule has 1 fully saturated rings. The van der Waals surface area contributed by atoms with Crippen LogP contribution in [-0.4, -0.2) is 68.1 Å². The average molecular weight is 393 g/mol. The van der Waals surface area contributed by atoms with Crippen molar-refractivity contribution in [1.29, 1.82) is 0 Å². The first kappa shape index (κ1) is 18.5. The van der Waals surface area contributed by atoms with E-state index in [9.17, 15) is 4.79 Å². The van der Waals surface area contributed by atoms with Gasteiger partial charge < -0.3 is 9.64 Å². The van der Waals surface area contributed by atoms with Crippen LogP contribution in [0.25, 0.3) is 0 Å². The van der Waals surface area contributed by atoms with Crippen molar-refractivity contribution >= 4 is 17.5 Å². The van der Waals surface area contributed by atoms with Crippen LogP contribution in [0.15, 0.2) is 12.3 Å². The predicted octanol–water partition coefficient (Wildman–Crippen LogP) is 1.54. The van der Waals surface area contributed by atoms with Gasteiger partial charge in [0, 0.05) is 47.0 Å². The van der Waals surface area contributed by atoms with Crippen LogP contribution in [0.5, 0.6) is 0 Å². The van der Waals surface area contributed by atoms with E-state index >= 15 is 0 Å². The van der Waals surface area contributed by atoms with E-state index in [1.165, 1.54) is 0 Å². The summed E-state index contributed by atoms with van der Waals surface area (Å²) in [7, 11) is 5.36. The molecular weight excluding hydrogens is 368 g/mol. The minimum Gasteiger partial charge on any atom is -0.367 e. The average Bonchev–Trinajstić information content (AvgIpc) is 3.18. The first-order chi connectivity index (χ1) is 12.8. The van der Waals surface area contributed by atoms with Gasteiger partial charge in [-0.05, 0) is 18.9 Å². The second-order valence-corrected chi connectivity index (χ2v) is 8.13. The fourth-order valence-corrected chi connectivity index (χ4v) is 4.07. The van der Waals surface area contributed by atoms with Crippen LogP contribution in [-0.2, 0) is 31.5 Å². The second-order valence-electron chi connectivity index (χ2n) is 7.72. The van der Waals surface area contributed by atoms with Crippen LogP contribution in [0.1, 0.15) is 34.7 Å². The maximum atomic E-state index is 12.2. The zero-order valence-corrected chi connectivity index (χ0v) is 16.7. The third-order valence-electron chi connectivity index (χ3n) is 5.45. The molecule has 2 aliphatic heterocycles. The van der Waals surface area contributed by atoms with E-state index in [1.807, 2.05) is 24.0 Å². The normalized spacial score (nSPS) is 19.3. The Bertz CT molecular complexity index is 850. The van der Waals surface area contributed by atoms with Gasteiger partial charge in [-0.3, -0.25) is 19.1 Å². The highest BCUT2D eigenvalue weighted by Crippen LogP contribution is 2.34. The van der Waals surface area contributed by atoms with Crippen molar-refractivity contribution < 1.29 is 9.53 Å². The summed E-state index contributed by atoms with van der Waals surface area (Å²) in [5.74, 6) is -0.0759. The van der Waals surface area contributed by atoms with E-state index in [4.69, 9.17) is 16.3 Å². The molecule has 0 radical (unpaired) electrons. The van der Waals surface area contributed by atoms with Crippen molar-refractivity contribution in [3.05, 3.63) is 34.4 Å². The molecule has 146 valence electrons. The molecule has 2 aliphatic rings. The molecule has 27 heavy (non-hydrogen) atoms. The van der Waals surface area contributed by atoms with Gasteiger partial charge in [0.05, 0.1) is 35.2 Å². The van der Waals surface area contributed by atoms with Crippen molar-refractivity contribution in [2.24, 2.45) is 7.05 Å². The summed E-state index contributed by atoms with van der Waals surface area (Å²) in [6.07, 6.45) is 3.68. The van der Waals surface area contributed by atoms with Crippen molar-refractivity contribution in [3.63, 3.8) is 0 Å². The molecule has 1 spiro atoms. The first-order valence-electron chi connectivity index (χ1n) is 9.18. The number of hydrogen-bond donors (Lipinski definition) is 0. The summed E-state index contributed by atoms with van der Waals surface area (Å²) < 4.78 is 9.95. The maximum absolute atomic E-state index is 12.2. The second kappa shape index (κ2) is 6.92. The Morgan fingerprint density at radius 3 is 2.70 bits per heavy atom. The molecule has 2 aromatic rings. The number of fused-ring (bicyclic) bond motifs is 1. The number of rotatable bonds is 3. The summed E-state index contributed by atoms with van der Waals surface area (Å²) in [5.41, 5.74) is 2.16. The highest BCUT2D eigenvalue weighted by molar-refractivity contribution is 6.31. The van der Waals surface area contributed by atoms with Crippen molar-refractivity contribution in [2.75, 3.05) is 27.2 Å². The maximum Gasteiger partial charge on any atom is 0.273 e. The quantitative estimate of drug-likeness (QED) is 0.792. The van der Waals surface area contributed by atoms with Gasteiger partial charge in [-0.25, -0.2) is 0 Å². The Morgan fingerprint density at radius 1 is 1.33 bits per heavy atom. The van der Waals surface area contributed by atoms with Crippen LogP contribution in [0.4, 0.5) is 0 Å². The van der Waals surface area contributed by atoms with Crippen LogP contribution in [0.2, 0.25) is 5.02 Å². The van der Waals surface area contributed by atoms with Gasteiger partial charge in [0.25, 0.3) is 5.91 Å². The number of piperidine rings is 1. The minimum absolute atomic E-state index is 0.0759. The highest BCUT2D eigenvalue weighted by atomic mass is 35.5. The van der Waals surface area contributed by atoms with E-state index in [0.717, 1.165) is 43.9 Å². The van der Waals surface area contributed by atoms with Crippen LogP contribution < -0.4 is 0 Å². The van der Waals surface area contributed by atoms with Crippen molar-refractivity contribution in [3.8, 4) is 0 Å². The number of aryl methyl sites for hydroxylation is 1. The van der Waals surface area contributed by atoms with Gasteiger partial charge in [-0.1, -0.05) is 11.6 Å². The third kappa shape index (κ3) is 3.61. The number of carbonyl (C=O) groups excluding carboxylic acids is 1. The van der Waals surface area contributed by atoms with E-state index < -0.39 is 0 Å². The van der Waals surface area contributed by atoms with Gasteiger partial charge in [-0.2, -0.15) is 10.2 Å². The molecule has 4 heterocycles. The number of carbonyl (C=O) groups is 1. The largest absolute Gasteiger partial charge is 0.367 e. The number of hydrogen-bond acceptors (Lipinski definition) is 5. The number of nitrogens with zero attached hydrogens (tertiary/aromatic N) is 6. The van der Waals surface area contributed by atoms with Gasteiger partial charge in [0.15, 0.2) is 5.69 Å². The lowest BCUT2D eigenvalue weighted by Crippen LogP contribution is -2.50. The lowest BCUT2D eigenvalue weighted by Gasteiger charge is -2.43. The van der Waals surface area contributed by atoms with Crippen LogP contribution in [0, 0.1) is 0 Å². The molecule has 0 bridgehead atoms. The molecule has 0 saturated carbocycles. The Balaban J connectivity index is 1.40. The molecule has 9 heteroatoms. The monoisotopic (exact) mass is 392 g/mol. The molecule has 1 amide bonds. The van der Waals surface area contributed by atoms with Gasteiger partial charge >= 0.3 is 0 Å². The summed E-state index contributed by atoms with van der Waals surface area (Å²) in [6.45, 7) is 3.80. The number of ether oxygens (including phenoxy) is 1. The Morgan fingerprint density at radius 2 is 2.07 bits per heavy atom. The lowest BCUT2D eigenvalue weighted by atomic mass is 9.90. The molecule has 2 aromatic heterocycles. The topological polar surface area (TPSA) is 68.4 Å². The molecule has 0 N–H and O–H groups in total. The Kier molecular flexibility index (Phi) is 4.73. The third-order valence-corrected chi connectivity index (χ3v) is 5.76. The summed E-state index contributed by atoms with van der Waals surface area (Å²) in [4.78, 5) is 16.1. The molecule has 1 saturated heterocycles. The van der Waals surface area contributed by atoms with E-state index in [1.54, 1.807) is 23.7 Å². The molecule has 0 aromatic carbocycles. The molecule has 0 atom stereocenters. The summed E-state index contributed by atoms with van der Waals surface area (Å²) >= 11 is 6.24. The first-order valence-corrected chi connectivity index (χ1v) is 9.56. The molecule has 0 aliphatic carbocycles. The number of likely N-dealkylation sites (tertiary alicyclic amines) is 1. The fraction of sp³-hybridized carbons (Fsp3) is 0.611. The SMILES string of the molecule is CN(C)C(=O)c1cc2n(n1)CC1(CCN(Cc3nn(C)cc3Cl)CC1)OC2. The predicted molar refractivity (Wildman–Crippen MR) is 100 cm³/mol. The Hall–Kier alpha value is -1.90. The van der Waals surface area contributed by atoms with E-state index in [0.29, 0.717) is 23.9 Å². The molecule has 0 unspecified atom stereocenters. The highest BCUT2D eigenvalue weighted by Gasteiger charge is 2.40. The van der Waals surface area contributed by atoms with Gasteiger partial charge in [0.1, 0.15) is 0 Å². The minimum atomic E-state index is -0.206. The zero-order valence-electron chi connectivity index (χ0n) is 16.0. The van der Waals surface area contributed by atoms with Crippen molar-refractivity contribution in [1.82, 2.24) is 29.4 Å². The molecule has 8 nitrogen and oxygen atoms in total. The standard InChI is InChI=1S/C18H25ClN6O2/c1-22(2)17(26)15-8-13-11-27-18(12-25(13)21-15)4-6-24(7-5-18)10-16-14(19)9-23(3)20-16/h8-9H,4-7,10-12H2,1-3H3. The summed E-state index contributed by atoms with van der Waals surface area (Å²) in [5, 5.41) is 9.67. The number of amides is 1. The van der Waals surface area contributed by atoms with Crippen LogP contribution >= 0.6 is 11.6 Å². The summed E-state index contributed by atoms with van der Waals surface area (Å²) in [6, 6.07) is 1.84. The fourth-order valence-electron chi connectivity index (χ4n) is 3.83. The molecule has 4 rings (SSSR count).